The Bertz CT molecular complexity index is 416. The van der Waals surface area contributed by atoms with E-state index in [1.807, 2.05) is 4.90 Å². The fourth-order valence-corrected chi connectivity index (χ4v) is 2.03. The summed E-state index contributed by atoms with van der Waals surface area (Å²) in [5.41, 5.74) is 0.540. The lowest BCUT2D eigenvalue weighted by Crippen LogP contribution is -2.23. The number of β-amino-alcohol motifs (C(OH)–C–C–N with tert-alkyl or cyclic N) is 1. The topological polar surface area (TPSA) is 60.2 Å². The summed E-state index contributed by atoms with van der Waals surface area (Å²) >= 11 is 3.28. The van der Waals surface area contributed by atoms with Crippen molar-refractivity contribution in [2.45, 2.75) is 12.5 Å². The van der Waals surface area contributed by atoms with Crippen molar-refractivity contribution in [3.8, 4) is 6.07 Å². The maximum atomic E-state index is 9.42. The molecule has 0 radical (unpaired) electrons. The van der Waals surface area contributed by atoms with Crippen LogP contribution in [0.3, 0.4) is 0 Å². The van der Waals surface area contributed by atoms with E-state index in [-0.39, 0.29) is 6.10 Å². The normalized spacial score (nSPS) is 20.3. The van der Waals surface area contributed by atoms with Crippen LogP contribution in [0.2, 0.25) is 0 Å². The van der Waals surface area contributed by atoms with Gasteiger partial charge >= 0.3 is 0 Å². The van der Waals surface area contributed by atoms with Gasteiger partial charge in [-0.25, -0.2) is 4.98 Å². The van der Waals surface area contributed by atoms with Crippen LogP contribution in [0.25, 0.3) is 0 Å². The van der Waals surface area contributed by atoms with Gasteiger partial charge in [-0.15, -0.1) is 0 Å². The lowest BCUT2D eigenvalue weighted by atomic mass is 10.2. The molecular weight excluding hydrogens is 258 g/mol. The first-order valence-corrected chi connectivity index (χ1v) is 5.48. The molecule has 15 heavy (non-hydrogen) atoms. The molecule has 2 rings (SSSR count). The van der Waals surface area contributed by atoms with E-state index in [1.54, 1.807) is 12.3 Å². The van der Waals surface area contributed by atoms with Gasteiger partial charge in [0.25, 0.3) is 0 Å². The standard InChI is InChI=1S/C10H10BrN3O/c11-8-3-7(4-12)10(13-5-8)14-2-1-9(15)6-14/h3,5,9,15H,1-2,6H2. The Hall–Kier alpha value is -1.12. The highest BCUT2D eigenvalue weighted by molar-refractivity contribution is 9.10. The molecule has 1 aromatic rings. The summed E-state index contributed by atoms with van der Waals surface area (Å²) < 4.78 is 0.794. The number of pyridine rings is 1. The second-order valence-corrected chi connectivity index (χ2v) is 4.44. The second-order valence-electron chi connectivity index (χ2n) is 3.53. The van der Waals surface area contributed by atoms with Crippen LogP contribution in [-0.2, 0) is 0 Å². The van der Waals surface area contributed by atoms with E-state index in [4.69, 9.17) is 5.26 Å². The summed E-state index contributed by atoms with van der Waals surface area (Å²) in [5, 5.41) is 18.4. The van der Waals surface area contributed by atoms with Crippen molar-refractivity contribution in [2.24, 2.45) is 0 Å². The summed E-state index contributed by atoms with van der Waals surface area (Å²) in [7, 11) is 0. The molecule has 0 saturated carbocycles. The fourth-order valence-electron chi connectivity index (χ4n) is 1.70. The molecule has 1 aliphatic heterocycles. The van der Waals surface area contributed by atoms with Crippen molar-refractivity contribution < 1.29 is 5.11 Å². The van der Waals surface area contributed by atoms with Gasteiger partial charge < -0.3 is 10.0 Å². The Labute approximate surface area is 96.3 Å². The highest BCUT2D eigenvalue weighted by atomic mass is 79.9. The van der Waals surface area contributed by atoms with Gasteiger partial charge in [-0.1, -0.05) is 0 Å². The second kappa shape index (κ2) is 4.17. The zero-order valence-corrected chi connectivity index (χ0v) is 9.61. The molecule has 1 atom stereocenters. The van der Waals surface area contributed by atoms with E-state index in [9.17, 15) is 5.11 Å². The van der Waals surface area contributed by atoms with Crippen LogP contribution in [0, 0.1) is 11.3 Å². The molecule has 1 unspecified atom stereocenters. The predicted molar refractivity (Wildman–Crippen MR) is 59.5 cm³/mol. The SMILES string of the molecule is N#Cc1cc(Br)cnc1N1CCC(O)C1. The lowest BCUT2D eigenvalue weighted by Gasteiger charge is -2.17. The first-order valence-electron chi connectivity index (χ1n) is 4.69. The number of nitriles is 1. The number of nitrogens with zero attached hydrogens (tertiary/aromatic N) is 3. The van der Waals surface area contributed by atoms with Gasteiger partial charge in [0.05, 0.1) is 11.7 Å². The molecule has 5 heteroatoms. The third-order valence-corrected chi connectivity index (χ3v) is 2.85. The maximum absolute atomic E-state index is 9.42. The third kappa shape index (κ3) is 2.11. The number of aliphatic hydroxyl groups is 1. The van der Waals surface area contributed by atoms with Crippen LogP contribution >= 0.6 is 15.9 Å². The summed E-state index contributed by atoms with van der Waals surface area (Å²) in [5.74, 6) is 0.664. The number of aliphatic hydroxyl groups excluding tert-OH is 1. The molecule has 78 valence electrons. The van der Waals surface area contributed by atoms with Crippen molar-refractivity contribution in [1.82, 2.24) is 4.98 Å². The molecule has 0 bridgehead atoms. The van der Waals surface area contributed by atoms with Crippen molar-refractivity contribution >= 4 is 21.7 Å². The Kier molecular flexibility index (Phi) is 2.89. The molecule has 0 aromatic carbocycles. The van der Waals surface area contributed by atoms with Gasteiger partial charge in [0, 0.05) is 23.8 Å². The quantitative estimate of drug-likeness (QED) is 0.833. The Morgan fingerprint density at radius 2 is 2.47 bits per heavy atom. The van der Waals surface area contributed by atoms with Crippen molar-refractivity contribution in [3.05, 3.63) is 22.3 Å². The highest BCUT2D eigenvalue weighted by Gasteiger charge is 2.23. The largest absolute Gasteiger partial charge is 0.391 e. The summed E-state index contributed by atoms with van der Waals surface area (Å²) in [6.07, 6.45) is 2.10. The first kappa shape index (κ1) is 10.4. The van der Waals surface area contributed by atoms with Gasteiger partial charge in [0.1, 0.15) is 11.9 Å². The first-order chi connectivity index (χ1) is 7.20. The monoisotopic (exact) mass is 267 g/mol. The number of hydrogen-bond donors (Lipinski definition) is 1. The van der Waals surface area contributed by atoms with Gasteiger partial charge in [-0.3, -0.25) is 0 Å². The van der Waals surface area contributed by atoms with E-state index >= 15 is 0 Å². The molecule has 1 aromatic heterocycles. The summed E-state index contributed by atoms with van der Waals surface area (Å²) in [4.78, 5) is 6.15. The van der Waals surface area contributed by atoms with E-state index in [0.29, 0.717) is 17.9 Å². The van der Waals surface area contributed by atoms with E-state index in [0.717, 1.165) is 17.4 Å². The molecule has 2 heterocycles. The van der Waals surface area contributed by atoms with Crippen LogP contribution in [0.15, 0.2) is 16.7 Å². The Morgan fingerprint density at radius 1 is 1.67 bits per heavy atom. The predicted octanol–water partition coefficient (Wildman–Crippen LogP) is 1.29. The minimum Gasteiger partial charge on any atom is -0.391 e. The maximum Gasteiger partial charge on any atom is 0.146 e. The van der Waals surface area contributed by atoms with Crippen LogP contribution in [-0.4, -0.2) is 29.3 Å². The van der Waals surface area contributed by atoms with Crippen molar-refractivity contribution in [2.75, 3.05) is 18.0 Å². The van der Waals surface area contributed by atoms with E-state index in [2.05, 4.69) is 27.0 Å². The average Bonchev–Trinajstić information content (AvgIpc) is 2.64. The third-order valence-electron chi connectivity index (χ3n) is 2.42. The van der Waals surface area contributed by atoms with Crippen molar-refractivity contribution in [1.29, 1.82) is 5.26 Å². The van der Waals surface area contributed by atoms with Crippen molar-refractivity contribution in [3.63, 3.8) is 0 Å². The molecular formula is C10H10BrN3O. The smallest absolute Gasteiger partial charge is 0.146 e. The highest BCUT2D eigenvalue weighted by Crippen LogP contribution is 2.24. The summed E-state index contributed by atoms with van der Waals surface area (Å²) in [6.45, 7) is 1.31. The van der Waals surface area contributed by atoms with Crippen LogP contribution in [0.1, 0.15) is 12.0 Å². The average molecular weight is 268 g/mol. The molecule has 1 fully saturated rings. The summed E-state index contributed by atoms with van der Waals surface area (Å²) in [6, 6.07) is 3.86. The van der Waals surface area contributed by atoms with Crippen LogP contribution in [0.5, 0.6) is 0 Å². The number of halogens is 1. The van der Waals surface area contributed by atoms with Gasteiger partial charge in [0.2, 0.25) is 0 Å². The molecule has 0 spiro atoms. The molecule has 1 aliphatic rings. The van der Waals surface area contributed by atoms with E-state index in [1.165, 1.54) is 0 Å². The van der Waals surface area contributed by atoms with Gasteiger partial charge in [-0.2, -0.15) is 5.26 Å². The number of anilines is 1. The zero-order valence-electron chi connectivity index (χ0n) is 8.02. The molecule has 4 nitrogen and oxygen atoms in total. The molecule has 0 aliphatic carbocycles. The van der Waals surface area contributed by atoms with Gasteiger partial charge in [-0.05, 0) is 28.4 Å². The minimum absolute atomic E-state index is 0.304. The molecule has 1 saturated heterocycles. The molecule has 1 N–H and O–H groups in total. The molecule has 0 amide bonds. The minimum atomic E-state index is -0.304. The number of aromatic nitrogens is 1. The van der Waals surface area contributed by atoms with Crippen LogP contribution < -0.4 is 4.90 Å². The Balaban J connectivity index is 2.32. The zero-order chi connectivity index (χ0) is 10.8. The Morgan fingerprint density at radius 3 is 3.07 bits per heavy atom. The van der Waals surface area contributed by atoms with Crippen LogP contribution in [0.4, 0.5) is 5.82 Å². The fraction of sp³-hybridized carbons (Fsp3) is 0.400. The number of hydrogen-bond acceptors (Lipinski definition) is 4. The van der Waals surface area contributed by atoms with Gasteiger partial charge in [0.15, 0.2) is 0 Å². The number of rotatable bonds is 1. The lowest BCUT2D eigenvalue weighted by molar-refractivity contribution is 0.198. The van der Waals surface area contributed by atoms with E-state index < -0.39 is 0 Å².